The van der Waals surface area contributed by atoms with Gasteiger partial charge in [-0.25, -0.2) is 0 Å². The fraction of sp³-hybridized carbons (Fsp3) is 0.125. The molecule has 5 aromatic rings. The highest BCUT2D eigenvalue weighted by atomic mass is 32.2. The standard InChI is InChI=1S/C40H35N3O5S2/c1-4-35(40(46)43-31-14-8-10-16-36(31)50-37-17-11-9-15-32(37)43)49-29-21-19-28(20-22-29)41-39(45)30(42-38(44)27-12-6-5-7-13-27)24-26-18-23-33(47-2)34(25-26)48-3/h5-25,35H,4H2,1-3H3,(H,41,45)(H,42,44)/b30-24-. The lowest BCUT2D eigenvalue weighted by atomic mass is 10.1. The molecule has 5 aromatic carbocycles. The Bertz CT molecular complexity index is 2010. The number of amides is 3. The summed E-state index contributed by atoms with van der Waals surface area (Å²) in [5.74, 6) is 0.103. The van der Waals surface area contributed by atoms with Gasteiger partial charge in [-0.2, -0.15) is 0 Å². The van der Waals surface area contributed by atoms with Gasteiger partial charge in [-0.15, -0.1) is 11.8 Å². The summed E-state index contributed by atoms with van der Waals surface area (Å²) in [5, 5.41) is 5.31. The van der Waals surface area contributed by atoms with E-state index < -0.39 is 11.8 Å². The van der Waals surface area contributed by atoms with Crippen molar-refractivity contribution in [2.75, 3.05) is 24.4 Å². The molecular formula is C40H35N3O5S2. The van der Waals surface area contributed by atoms with E-state index in [4.69, 9.17) is 9.47 Å². The summed E-state index contributed by atoms with van der Waals surface area (Å²) in [6.07, 6.45) is 2.20. The summed E-state index contributed by atoms with van der Waals surface area (Å²) in [5.41, 5.74) is 3.38. The Labute approximate surface area is 299 Å². The number of nitrogens with zero attached hydrogens (tertiary/aromatic N) is 1. The highest BCUT2D eigenvalue weighted by Crippen LogP contribution is 2.49. The fourth-order valence-corrected chi connectivity index (χ4v) is 7.48. The maximum atomic E-state index is 14.1. The molecule has 0 aliphatic carbocycles. The molecule has 0 aromatic heterocycles. The number of hydrogen-bond acceptors (Lipinski definition) is 7. The quantitative estimate of drug-likeness (QED) is 0.105. The summed E-state index contributed by atoms with van der Waals surface area (Å²) < 4.78 is 10.8. The zero-order valence-electron chi connectivity index (χ0n) is 27.7. The van der Waals surface area contributed by atoms with Crippen LogP contribution in [0.15, 0.2) is 142 Å². The van der Waals surface area contributed by atoms with E-state index in [1.54, 1.807) is 79.5 Å². The van der Waals surface area contributed by atoms with Gasteiger partial charge in [0.05, 0.1) is 30.8 Å². The van der Waals surface area contributed by atoms with Crippen LogP contribution >= 0.6 is 23.5 Å². The monoisotopic (exact) mass is 701 g/mol. The molecule has 252 valence electrons. The van der Waals surface area contributed by atoms with E-state index in [9.17, 15) is 14.4 Å². The van der Waals surface area contributed by atoms with Crippen molar-refractivity contribution in [2.24, 2.45) is 0 Å². The summed E-state index contributed by atoms with van der Waals surface area (Å²) in [6.45, 7) is 2.01. The molecule has 2 N–H and O–H groups in total. The maximum absolute atomic E-state index is 14.1. The normalized spacial score (nSPS) is 12.6. The molecule has 1 aliphatic rings. The van der Waals surface area contributed by atoms with Gasteiger partial charge < -0.3 is 20.1 Å². The fourth-order valence-electron chi connectivity index (χ4n) is 5.43. The predicted molar refractivity (Wildman–Crippen MR) is 201 cm³/mol. The zero-order valence-corrected chi connectivity index (χ0v) is 29.3. The van der Waals surface area contributed by atoms with Gasteiger partial charge in [-0.1, -0.05) is 67.2 Å². The Morgan fingerprint density at radius 3 is 2.02 bits per heavy atom. The van der Waals surface area contributed by atoms with E-state index in [2.05, 4.69) is 10.6 Å². The number of thioether (sulfide) groups is 1. The largest absolute Gasteiger partial charge is 0.493 e. The second kappa shape index (κ2) is 15.8. The van der Waals surface area contributed by atoms with Crippen molar-refractivity contribution in [1.29, 1.82) is 0 Å². The van der Waals surface area contributed by atoms with Crippen molar-refractivity contribution in [3.63, 3.8) is 0 Å². The van der Waals surface area contributed by atoms with E-state index in [1.807, 2.05) is 78.6 Å². The van der Waals surface area contributed by atoms with Gasteiger partial charge in [0, 0.05) is 25.9 Å². The molecule has 1 heterocycles. The van der Waals surface area contributed by atoms with Crippen LogP contribution in [0.25, 0.3) is 6.08 Å². The van der Waals surface area contributed by atoms with Gasteiger partial charge in [0.15, 0.2) is 11.5 Å². The lowest BCUT2D eigenvalue weighted by molar-refractivity contribution is -0.117. The molecule has 3 amide bonds. The van der Waals surface area contributed by atoms with Crippen molar-refractivity contribution in [2.45, 2.75) is 33.3 Å². The number of carbonyl (C=O) groups is 3. The molecule has 6 rings (SSSR count). The van der Waals surface area contributed by atoms with Crippen molar-refractivity contribution in [1.82, 2.24) is 5.32 Å². The number of para-hydroxylation sites is 2. The van der Waals surface area contributed by atoms with Crippen LogP contribution in [0.5, 0.6) is 11.5 Å². The minimum Gasteiger partial charge on any atom is -0.493 e. The Morgan fingerprint density at radius 1 is 0.780 bits per heavy atom. The molecule has 0 spiro atoms. The smallest absolute Gasteiger partial charge is 0.272 e. The third kappa shape index (κ3) is 7.72. The van der Waals surface area contributed by atoms with Gasteiger partial charge in [-0.05, 0) is 90.9 Å². The number of carbonyl (C=O) groups excluding carboxylic acids is 3. The van der Waals surface area contributed by atoms with Gasteiger partial charge in [0.25, 0.3) is 11.8 Å². The number of anilines is 3. The average molecular weight is 702 g/mol. The first-order valence-electron chi connectivity index (χ1n) is 16.0. The predicted octanol–water partition coefficient (Wildman–Crippen LogP) is 8.81. The first-order valence-corrected chi connectivity index (χ1v) is 17.7. The zero-order chi connectivity index (χ0) is 35.0. The molecule has 1 unspecified atom stereocenters. The van der Waals surface area contributed by atoms with Crippen LogP contribution in [0.1, 0.15) is 29.3 Å². The molecule has 0 fully saturated rings. The van der Waals surface area contributed by atoms with Crippen LogP contribution in [0.4, 0.5) is 17.1 Å². The second-order valence-electron chi connectivity index (χ2n) is 11.2. The van der Waals surface area contributed by atoms with E-state index in [1.165, 1.54) is 18.9 Å². The molecule has 8 nitrogen and oxygen atoms in total. The van der Waals surface area contributed by atoms with Crippen LogP contribution in [0, 0.1) is 0 Å². The number of ether oxygens (including phenoxy) is 2. The van der Waals surface area contributed by atoms with Gasteiger partial charge >= 0.3 is 0 Å². The molecule has 0 saturated carbocycles. The van der Waals surface area contributed by atoms with Crippen LogP contribution in [-0.4, -0.2) is 37.2 Å². The Morgan fingerprint density at radius 2 is 1.40 bits per heavy atom. The first-order chi connectivity index (χ1) is 24.4. The summed E-state index contributed by atoms with van der Waals surface area (Å²) in [4.78, 5) is 45.7. The van der Waals surface area contributed by atoms with Crippen LogP contribution in [-0.2, 0) is 9.59 Å². The summed E-state index contributed by atoms with van der Waals surface area (Å²) in [7, 11) is 3.07. The molecule has 0 radical (unpaired) electrons. The van der Waals surface area contributed by atoms with Crippen LogP contribution < -0.4 is 25.0 Å². The summed E-state index contributed by atoms with van der Waals surface area (Å²) >= 11 is 3.15. The lowest BCUT2D eigenvalue weighted by Crippen LogP contribution is -2.35. The van der Waals surface area contributed by atoms with Crippen molar-refractivity contribution in [3.8, 4) is 11.5 Å². The van der Waals surface area contributed by atoms with E-state index >= 15 is 0 Å². The number of rotatable bonds is 11. The first kappa shape index (κ1) is 34.4. The molecule has 10 heteroatoms. The summed E-state index contributed by atoms with van der Waals surface area (Å²) in [6, 6.07) is 37.2. The van der Waals surface area contributed by atoms with Crippen molar-refractivity contribution < 1.29 is 23.9 Å². The van der Waals surface area contributed by atoms with Crippen LogP contribution in [0.2, 0.25) is 0 Å². The van der Waals surface area contributed by atoms with E-state index in [0.717, 1.165) is 26.1 Å². The lowest BCUT2D eigenvalue weighted by Gasteiger charge is -2.33. The average Bonchev–Trinajstić information content (AvgIpc) is 3.16. The Kier molecular flexibility index (Phi) is 10.9. The number of nitrogens with one attached hydrogen (secondary N) is 2. The molecule has 0 saturated heterocycles. The Balaban J connectivity index is 1.20. The van der Waals surface area contributed by atoms with E-state index in [0.29, 0.717) is 34.7 Å². The maximum Gasteiger partial charge on any atom is 0.272 e. The minimum absolute atomic E-state index is 0.00850. The number of fused-ring (bicyclic) bond motifs is 2. The number of hydrogen-bond donors (Lipinski definition) is 2. The highest BCUT2D eigenvalue weighted by molar-refractivity contribution is 8.00. The molecular weight excluding hydrogens is 667 g/mol. The van der Waals surface area contributed by atoms with Crippen molar-refractivity contribution in [3.05, 3.63) is 138 Å². The van der Waals surface area contributed by atoms with Crippen LogP contribution in [0.3, 0.4) is 0 Å². The highest BCUT2D eigenvalue weighted by Gasteiger charge is 2.32. The third-order valence-electron chi connectivity index (χ3n) is 7.94. The minimum atomic E-state index is -0.508. The molecule has 0 bridgehead atoms. The molecule has 1 aliphatic heterocycles. The van der Waals surface area contributed by atoms with E-state index in [-0.39, 0.29) is 16.9 Å². The number of methoxy groups -OCH3 is 2. The third-order valence-corrected chi connectivity index (χ3v) is 10.4. The Hall–Kier alpha value is -5.45. The second-order valence-corrected chi connectivity index (χ2v) is 13.6. The SMILES string of the molecule is CCC(Sc1ccc(NC(=O)/C(=C/c2ccc(OC)c(OC)c2)NC(=O)c2ccccc2)cc1)C(=O)N1c2ccccc2Sc2ccccc21. The van der Waals surface area contributed by atoms with Gasteiger partial charge in [0.2, 0.25) is 5.91 Å². The molecule has 50 heavy (non-hydrogen) atoms. The van der Waals surface area contributed by atoms with Gasteiger partial charge in [-0.3, -0.25) is 19.3 Å². The molecule has 1 atom stereocenters. The van der Waals surface area contributed by atoms with Crippen molar-refractivity contribution >= 4 is 64.4 Å². The van der Waals surface area contributed by atoms with Gasteiger partial charge in [0.1, 0.15) is 5.70 Å². The topological polar surface area (TPSA) is 97.0 Å². The number of benzene rings is 5.